The molecule has 0 spiro atoms. The molecule has 3 aromatic rings. The molecule has 1 amide bonds. The maximum absolute atomic E-state index is 12.7. The van der Waals surface area contributed by atoms with Crippen molar-refractivity contribution in [2.45, 2.75) is 30.7 Å². The highest BCUT2D eigenvalue weighted by Gasteiger charge is 2.24. The number of nitrogens with zero attached hydrogens (tertiary/aromatic N) is 4. The lowest BCUT2D eigenvalue weighted by molar-refractivity contribution is -0.113. The van der Waals surface area contributed by atoms with Crippen LogP contribution in [0.1, 0.15) is 40.0 Å². The van der Waals surface area contributed by atoms with Crippen molar-refractivity contribution in [1.82, 2.24) is 4.98 Å². The Hall–Kier alpha value is -3.36. The van der Waals surface area contributed by atoms with Gasteiger partial charge in [0.1, 0.15) is 39.6 Å². The number of thiophene rings is 2. The van der Waals surface area contributed by atoms with E-state index in [0.29, 0.717) is 21.2 Å². The molecule has 158 valence electrons. The van der Waals surface area contributed by atoms with Gasteiger partial charge in [-0.25, -0.2) is 4.98 Å². The summed E-state index contributed by atoms with van der Waals surface area (Å²) in [5.41, 5.74) is 8.43. The third kappa shape index (κ3) is 4.06. The summed E-state index contributed by atoms with van der Waals surface area (Å²) >= 11 is 3.94. The van der Waals surface area contributed by atoms with Crippen molar-refractivity contribution in [3.8, 4) is 28.6 Å². The second-order valence-corrected chi connectivity index (χ2v) is 10.0. The second-order valence-electron chi connectivity index (χ2n) is 6.99. The van der Waals surface area contributed by atoms with Crippen LogP contribution in [0.2, 0.25) is 0 Å². The van der Waals surface area contributed by atoms with Crippen LogP contribution in [-0.4, -0.2) is 16.6 Å². The number of carbonyl (C=O) groups is 1. The molecule has 1 aliphatic rings. The van der Waals surface area contributed by atoms with Gasteiger partial charge in [0.05, 0.1) is 16.9 Å². The summed E-state index contributed by atoms with van der Waals surface area (Å²) in [4.78, 5) is 18.8. The van der Waals surface area contributed by atoms with E-state index in [-0.39, 0.29) is 28.6 Å². The van der Waals surface area contributed by atoms with Crippen LogP contribution in [-0.2, 0) is 17.6 Å². The van der Waals surface area contributed by atoms with Crippen molar-refractivity contribution in [2.24, 2.45) is 0 Å². The number of pyridine rings is 1. The third-order valence-electron chi connectivity index (χ3n) is 5.06. The largest absolute Gasteiger partial charge is 0.383 e. The van der Waals surface area contributed by atoms with Crippen molar-refractivity contribution in [3.63, 3.8) is 0 Å². The molecule has 0 radical (unpaired) electrons. The average Bonchev–Trinajstić information content (AvgIpc) is 3.44. The van der Waals surface area contributed by atoms with Crippen molar-refractivity contribution in [3.05, 3.63) is 44.6 Å². The topological polar surface area (TPSA) is 139 Å². The molecule has 0 aromatic carbocycles. The Balaban J connectivity index is 1.58. The molecular weight excluding hydrogens is 460 g/mol. The number of anilines is 2. The predicted molar refractivity (Wildman–Crippen MR) is 126 cm³/mol. The minimum Gasteiger partial charge on any atom is -0.383 e. The number of rotatable bonds is 5. The van der Waals surface area contributed by atoms with Gasteiger partial charge in [0.15, 0.2) is 0 Å². The fourth-order valence-electron chi connectivity index (χ4n) is 3.64. The molecule has 10 heteroatoms. The molecule has 32 heavy (non-hydrogen) atoms. The number of aromatic nitrogens is 1. The number of nitrogens with two attached hydrogens (primary N) is 1. The number of thioether (sulfide) groups is 1. The minimum atomic E-state index is -0.295. The SMILES string of the molecule is N#Cc1c(NC(=O)CSc2nc(N)c(C#N)c(-c3cccs3)c2C#N)sc2c1CCCC2. The molecule has 3 N–H and O–H groups in total. The lowest BCUT2D eigenvalue weighted by Gasteiger charge is -2.11. The summed E-state index contributed by atoms with van der Waals surface area (Å²) in [5, 5.41) is 34.5. The van der Waals surface area contributed by atoms with E-state index in [1.54, 1.807) is 0 Å². The Kier molecular flexibility index (Phi) is 6.43. The molecule has 4 rings (SSSR count). The summed E-state index contributed by atoms with van der Waals surface area (Å²) in [5.74, 6) is -0.281. The van der Waals surface area contributed by atoms with Gasteiger partial charge in [-0.05, 0) is 42.7 Å². The average molecular weight is 477 g/mol. The maximum atomic E-state index is 12.7. The van der Waals surface area contributed by atoms with Crippen LogP contribution in [0.5, 0.6) is 0 Å². The predicted octanol–water partition coefficient (Wildman–Crippen LogP) is 4.68. The van der Waals surface area contributed by atoms with Crippen molar-refractivity contribution in [2.75, 3.05) is 16.8 Å². The molecule has 1 aliphatic carbocycles. The number of nitriles is 3. The van der Waals surface area contributed by atoms with E-state index >= 15 is 0 Å². The third-order valence-corrected chi connectivity index (χ3v) is 8.13. The monoisotopic (exact) mass is 476 g/mol. The zero-order valence-electron chi connectivity index (χ0n) is 16.8. The number of nitrogen functional groups attached to an aromatic ring is 1. The van der Waals surface area contributed by atoms with Gasteiger partial charge in [0, 0.05) is 15.3 Å². The summed E-state index contributed by atoms with van der Waals surface area (Å²) in [6.07, 6.45) is 3.95. The molecule has 0 atom stereocenters. The Morgan fingerprint density at radius 3 is 2.59 bits per heavy atom. The number of hydrogen-bond acceptors (Lipinski definition) is 9. The van der Waals surface area contributed by atoms with Gasteiger partial charge >= 0.3 is 0 Å². The Bertz CT molecular complexity index is 1320. The van der Waals surface area contributed by atoms with Crippen molar-refractivity contribution >= 4 is 51.2 Å². The number of amides is 1. The first-order valence-electron chi connectivity index (χ1n) is 9.72. The quantitative estimate of drug-likeness (QED) is 0.510. The first-order chi connectivity index (χ1) is 15.6. The molecule has 0 fully saturated rings. The lowest BCUT2D eigenvalue weighted by Crippen LogP contribution is -2.14. The highest BCUT2D eigenvalue weighted by Crippen LogP contribution is 2.39. The molecule has 3 heterocycles. The standard InChI is InChI=1S/C22H16N6OS3/c23-8-13-12-4-1-2-5-16(12)32-22(13)27-18(29)11-31-21-15(10-25)19(17-6-3-7-30-17)14(9-24)20(26)28-21/h3,6-7H,1-2,4-5,11H2,(H2,26,28)(H,27,29). The first-order valence-corrected chi connectivity index (χ1v) is 12.4. The van der Waals surface area contributed by atoms with Gasteiger partial charge < -0.3 is 11.1 Å². The molecule has 0 unspecified atom stereocenters. The number of aryl methyl sites for hydroxylation is 1. The second kappa shape index (κ2) is 9.42. The van der Waals surface area contributed by atoms with Gasteiger partial charge in [-0.15, -0.1) is 22.7 Å². The molecule has 0 aliphatic heterocycles. The Labute approximate surface area is 197 Å². The maximum Gasteiger partial charge on any atom is 0.235 e. The van der Waals surface area contributed by atoms with Gasteiger partial charge in [-0.3, -0.25) is 4.79 Å². The van der Waals surface area contributed by atoms with Crippen LogP contribution in [0, 0.1) is 34.0 Å². The van der Waals surface area contributed by atoms with E-state index in [1.165, 1.54) is 27.6 Å². The summed E-state index contributed by atoms with van der Waals surface area (Å²) in [6.45, 7) is 0. The fourth-order valence-corrected chi connectivity index (χ4v) is 6.47. The van der Waals surface area contributed by atoms with E-state index in [2.05, 4.69) is 22.4 Å². The summed E-state index contributed by atoms with van der Waals surface area (Å²) in [7, 11) is 0. The summed E-state index contributed by atoms with van der Waals surface area (Å²) < 4.78 is 0. The highest BCUT2D eigenvalue weighted by atomic mass is 32.2. The lowest BCUT2D eigenvalue weighted by atomic mass is 9.96. The highest BCUT2D eigenvalue weighted by molar-refractivity contribution is 8.00. The molecule has 7 nitrogen and oxygen atoms in total. The van der Waals surface area contributed by atoms with Crippen LogP contribution in [0.25, 0.3) is 10.4 Å². The normalized spacial score (nSPS) is 12.3. The zero-order chi connectivity index (χ0) is 22.7. The van der Waals surface area contributed by atoms with Gasteiger partial charge in [-0.1, -0.05) is 17.8 Å². The zero-order valence-corrected chi connectivity index (χ0v) is 19.2. The van der Waals surface area contributed by atoms with Gasteiger partial charge in [0.2, 0.25) is 5.91 Å². The van der Waals surface area contributed by atoms with Crippen LogP contribution in [0.4, 0.5) is 10.8 Å². The molecule has 0 saturated heterocycles. The van der Waals surface area contributed by atoms with E-state index in [0.717, 1.165) is 47.9 Å². The van der Waals surface area contributed by atoms with Gasteiger partial charge in [0.25, 0.3) is 0 Å². The Morgan fingerprint density at radius 2 is 1.91 bits per heavy atom. The van der Waals surface area contributed by atoms with Crippen molar-refractivity contribution < 1.29 is 4.79 Å². The van der Waals surface area contributed by atoms with Crippen molar-refractivity contribution in [1.29, 1.82) is 15.8 Å². The first kappa shape index (κ1) is 21.9. The van der Waals surface area contributed by atoms with Crippen LogP contribution >= 0.6 is 34.4 Å². The smallest absolute Gasteiger partial charge is 0.235 e. The van der Waals surface area contributed by atoms with Crippen LogP contribution in [0.15, 0.2) is 22.5 Å². The number of fused-ring (bicyclic) bond motifs is 1. The number of nitrogens with one attached hydrogen (secondary N) is 1. The summed E-state index contributed by atoms with van der Waals surface area (Å²) in [6, 6.07) is 10.0. The van der Waals surface area contributed by atoms with E-state index in [1.807, 2.05) is 23.6 Å². The van der Waals surface area contributed by atoms with E-state index in [9.17, 15) is 20.6 Å². The van der Waals surface area contributed by atoms with Crippen LogP contribution < -0.4 is 11.1 Å². The number of carbonyl (C=O) groups excluding carboxylic acids is 1. The fraction of sp³-hybridized carbons (Fsp3) is 0.227. The van der Waals surface area contributed by atoms with E-state index < -0.39 is 0 Å². The minimum absolute atomic E-state index is 0.00959. The molecule has 3 aromatic heterocycles. The Morgan fingerprint density at radius 1 is 1.16 bits per heavy atom. The van der Waals surface area contributed by atoms with E-state index in [4.69, 9.17) is 5.73 Å². The molecular formula is C22H16N6OS3. The van der Waals surface area contributed by atoms with Gasteiger partial charge in [-0.2, -0.15) is 15.8 Å². The molecule has 0 saturated carbocycles. The molecule has 0 bridgehead atoms. The number of hydrogen-bond donors (Lipinski definition) is 2. The van der Waals surface area contributed by atoms with Crippen LogP contribution in [0.3, 0.4) is 0 Å².